The Bertz CT molecular complexity index is 735. The van der Waals surface area contributed by atoms with Crippen LogP contribution in [0.4, 0.5) is 0 Å². The number of aliphatic hydroxyl groups is 1. The summed E-state index contributed by atoms with van der Waals surface area (Å²) in [5.41, 5.74) is 4.15. The highest BCUT2D eigenvalue weighted by Crippen LogP contribution is 2.17. The first-order valence-electron chi connectivity index (χ1n) is 11.9. The zero-order valence-electron chi connectivity index (χ0n) is 19.3. The van der Waals surface area contributed by atoms with Crippen LogP contribution in [0.3, 0.4) is 0 Å². The Labute approximate surface area is 180 Å². The molecule has 0 unspecified atom stereocenters. The second-order valence-corrected chi connectivity index (χ2v) is 13.4. The predicted molar refractivity (Wildman–Crippen MR) is 131 cm³/mol. The molecule has 0 spiro atoms. The molecule has 0 bridgehead atoms. The van der Waals surface area contributed by atoms with Crippen LogP contribution in [0, 0.1) is 0 Å². The van der Waals surface area contributed by atoms with E-state index >= 15 is 0 Å². The molecule has 29 heavy (non-hydrogen) atoms. The zero-order chi connectivity index (χ0) is 21.1. The Morgan fingerprint density at radius 3 is 2.00 bits per heavy atom. The highest BCUT2D eigenvalue weighted by molar-refractivity contribution is 7.01. The van der Waals surface area contributed by atoms with Gasteiger partial charge in [0.2, 0.25) is 0 Å². The largest absolute Gasteiger partial charge is 0.392 e. The lowest BCUT2D eigenvalue weighted by atomic mass is 10.0. The van der Waals surface area contributed by atoms with Gasteiger partial charge < -0.3 is 5.11 Å². The first kappa shape index (κ1) is 23.9. The maximum atomic E-state index is 9.94. The fourth-order valence-corrected chi connectivity index (χ4v) is 7.82. The molecule has 0 saturated carbocycles. The summed E-state index contributed by atoms with van der Waals surface area (Å²) < 4.78 is 0. The van der Waals surface area contributed by atoms with Crippen molar-refractivity contribution in [2.24, 2.45) is 0 Å². The number of hydrogen-bond donors (Lipinski definition) is 1. The van der Waals surface area contributed by atoms with Gasteiger partial charge in [-0.25, -0.2) is 0 Å². The van der Waals surface area contributed by atoms with Crippen LogP contribution in [0.1, 0.15) is 81.9 Å². The van der Waals surface area contributed by atoms with Crippen LogP contribution in [0.25, 0.3) is 0 Å². The SMILES string of the molecule is CCCCCCc1ccc(CCCCCC)c([Si](C)(C)c2ccccc2CO)c1. The molecule has 0 heterocycles. The number of benzene rings is 2. The summed E-state index contributed by atoms with van der Waals surface area (Å²) >= 11 is 0. The van der Waals surface area contributed by atoms with Crippen LogP contribution in [-0.2, 0) is 19.4 Å². The van der Waals surface area contributed by atoms with Crippen molar-refractivity contribution in [1.82, 2.24) is 0 Å². The van der Waals surface area contributed by atoms with E-state index in [1.807, 2.05) is 0 Å². The molecule has 0 fully saturated rings. The van der Waals surface area contributed by atoms with E-state index in [9.17, 15) is 5.11 Å². The normalized spacial score (nSPS) is 11.8. The standard InChI is InChI=1S/C27H42OSi/c1-5-7-9-11-15-23-19-20-24(16-12-10-8-6-2)27(21-23)29(3,4)26-18-14-13-17-25(26)22-28/h13-14,17-21,28H,5-12,15-16,22H2,1-4H3. The van der Waals surface area contributed by atoms with E-state index in [2.05, 4.69) is 69.4 Å². The van der Waals surface area contributed by atoms with Gasteiger partial charge in [-0.05, 0) is 47.6 Å². The minimum Gasteiger partial charge on any atom is -0.392 e. The third kappa shape index (κ3) is 6.82. The third-order valence-electron chi connectivity index (χ3n) is 6.33. The smallest absolute Gasteiger partial charge is 0.113 e. The molecule has 2 rings (SSSR count). The summed E-state index contributed by atoms with van der Waals surface area (Å²) in [4.78, 5) is 0. The monoisotopic (exact) mass is 410 g/mol. The molecule has 0 aliphatic carbocycles. The van der Waals surface area contributed by atoms with Crippen LogP contribution in [-0.4, -0.2) is 13.2 Å². The molecular formula is C27H42OSi. The molecular weight excluding hydrogens is 368 g/mol. The number of rotatable bonds is 13. The average Bonchev–Trinajstić information content (AvgIpc) is 2.74. The number of hydrogen-bond acceptors (Lipinski definition) is 1. The topological polar surface area (TPSA) is 20.2 Å². The van der Waals surface area contributed by atoms with Crippen molar-refractivity contribution in [3.05, 3.63) is 59.2 Å². The van der Waals surface area contributed by atoms with Gasteiger partial charge >= 0.3 is 0 Å². The lowest BCUT2D eigenvalue weighted by Crippen LogP contribution is -2.55. The summed E-state index contributed by atoms with van der Waals surface area (Å²) in [7, 11) is -1.88. The van der Waals surface area contributed by atoms with Crippen LogP contribution >= 0.6 is 0 Å². The summed E-state index contributed by atoms with van der Waals surface area (Å²) in [6.45, 7) is 9.62. The van der Waals surface area contributed by atoms with Crippen LogP contribution in [0.2, 0.25) is 13.1 Å². The third-order valence-corrected chi connectivity index (χ3v) is 9.97. The van der Waals surface area contributed by atoms with Crippen LogP contribution in [0.15, 0.2) is 42.5 Å². The van der Waals surface area contributed by atoms with E-state index in [0.717, 1.165) is 5.56 Å². The van der Waals surface area contributed by atoms with Crippen molar-refractivity contribution in [3.8, 4) is 0 Å². The minimum atomic E-state index is -1.88. The molecule has 1 N–H and O–H groups in total. The van der Waals surface area contributed by atoms with Crippen molar-refractivity contribution in [2.45, 2.75) is 97.8 Å². The summed E-state index contributed by atoms with van der Waals surface area (Å²) in [6.07, 6.45) is 12.8. The fraction of sp³-hybridized carbons (Fsp3) is 0.556. The lowest BCUT2D eigenvalue weighted by Gasteiger charge is -2.29. The van der Waals surface area contributed by atoms with Crippen molar-refractivity contribution >= 4 is 18.4 Å². The van der Waals surface area contributed by atoms with Gasteiger partial charge in [-0.15, -0.1) is 0 Å². The van der Waals surface area contributed by atoms with E-state index in [1.54, 1.807) is 10.8 Å². The molecule has 2 aromatic carbocycles. The summed E-state index contributed by atoms with van der Waals surface area (Å²) in [5.74, 6) is 0. The van der Waals surface area contributed by atoms with Crippen molar-refractivity contribution in [3.63, 3.8) is 0 Å². The molecule has 0 aliphatic heterocycles. The second-order valence-electron chi connectivity index (χ2n) is 9.05. The van der Waals surface area contributed by atoms with Crippen molar-refractivity contribution in [1.29, 1.82) is 0 Å². The van der Waals surface area contributed by atoms with Gasteiger partial charge in [0.1, 0.15) is 8.07 Å². The maximum absolute atomic E-state index is 9.94. The average molecular weight is 411 g/mol. The van der Waals surface area contributed by atoms with E-state index in [4.69, 9.17) is 0 Å². The van der Waals surface area contributed by atoms with Gasteiger partial charge in [-0.2, -0.15) is 0 Å². The zero-order valence-corrected chi connectivity index (χ0v) is 20.3. The second kappa shape index (κ2) is 12.3. The maximum Gasteiger partial charge on any atom is 0.113 e. The number of unbranched alkanes of at least 4 members (excludes halogenated alkanes) is 6. The molecule has 2 aromatic rings. The molecule has 0 atom stereocenters. The van der Waals surface area contributed by atoms with Crippen molar-refractivity contribution < 1.29 is 5.11 Å². The Kier molecular flexibility index (Phi) is 10.2. The van der Waals surface area contributed by atoms with Gasteiger partial charge in [0, 0.05) is 0 Å². The predicted octanol–water partition coefficient (Wildman–Crippen LogP) is 6.25. The van der Waals surface area contributed by atoms with Gasteiger partial charge in [0.15, 0.2) is 0 Å². The molecule has 160 valence electrons. The molecule has 0 radical (unpaired) electrons. The van der Waals surface area contributed by atoms with Crippen LogP contribution < -0.4 is 10.4 Å². The molecule has 0 saturated heterocycles. The first-order valence-corrected chi connectivity index (χ1v) is 14.9. The Morgan fingerprint density at radius 2 is 1.34 bits per heavy atom. The van der Waals surface area contributed by atoms with E-state index < -0.39 is 8.07 Å². The van der Waals surface area contributed by atoms with Crippen LogP contribution in [0.5, 0.6) is 0 Å². The molecule has 0 aromatic heterocycles. The highest BCUT2D eigenvalue weighted by atomic mass is 28.3. The van der Waals surface area contributed by atoms with Gasteiger partial charge in [-0.3, -0.25) is 0 Å². The highest BCUT2D eigenvalue weighted by Gasteiger charge is 2.30. The minimum absolute atomic E-state index is 0.134. The number of aliphatic hydroxyl groups excluding tert-OH is 1. The quantitative estimate of drug-likeness (QED) is 0.306. The lowest BCUT2D eigenvalue weighted by molar-refractivity contribution is 0.283. The van der Waals surface area contributed by atoms with Gasteiger partial charge in [0.25, 0.3) is 0 Å². The van der Waals surface area contributed by atoms with E-state index in [-0.39, 0.29) is 6.61 Å². The first-order chi connectivity index (χ1) is 14.0. The van der Waals surface area contributed by atoms with Gasteiger partial charge in [0.05, 0.1) is 6.61 Å². The Morgan fingerprint density at radius 1 is 0.690 bits per heavy atom. The van der Waals surface area contributed by atoms with E-state index in [1.165, 1.54) is 75.0 Å². The number of aryl methyl sites for hydroxylation is 2. The molecule has 2 heteroatoms. The fourth-order valence-electron chi connectivity index (χ4n) is 4.49. The van der Waals surface area contributed by atoms with Gasteiger partial charge in [-0.1, -0.05) is 113 Å². The molecule has 1 nitrogen and oxygen atoms in total. The Balaban J connectivity index is 2.34. The summed E-state index contributed by atoms with van der Waals surface area (Å²) in [6, 6.07) is 15.9. The molecule has 0 amide bonds. The van der Waals surface area contributed by atoms with Crippen molar-refractivity contribution in [2.75, 3.05) is 0 Å². The molecule has 0 aliphatic rings. The summed E-state index contributed by atoms with van der Waals surface area (Å²) in [5, 5.41) is 12.9. The Hall–Kier alpha value is -1.38. The van der Waals surface area contributed by atoms with E-state index in [0.29, 0.717) is 0 Å².